The van der Waals surface area contributed by atoms with Gasteiger partial charge in [0.25, 0.3) is 0 Å². The Kier molecular flexibility index (Phi) is 2.11. The molecule has 1 aliphatic heterocycles. The van der Waals surface area contributed by atoms with Gasteiger partial charge in [0.05, 0.1) is 6.17 Å². The van der Waals surface area contributed by atoms with E-state index in [1.54, 1.807) is 11.9 Å². The first-order valence-corrected chi connectivity index (χ1v) is 3.43. The van der Waals surface area contributed by atoms with Crippen molar-refractivity contribution in [3.63, 3.8) is 0 Å². The highest BCUT2D eigenvalue weighted by Gasteiger charge is 2.21. The van der Waals surface area contributed by atoms with Crippen LogP contribution in [0.15, 0.2) is 0 Å². The molecule has 1 fully saturated rings. The van der Waals surface area contributed by atoms with Crippen molar-refractivity contribution in [1.82, 2.24) is 15.5 Å². The third-order valence-corrected chi connectivity index (χ3v) is 1.82. The molecule has 2 N–H and O–H groups in total. The Morgan fingerprint density at radius 3 is 3.00 bits per heavy atom. The lowest BCUT2D eigenvalue weighted by molar-refractivity contribution is 0.161. The molecule has 1 aliphatic rings. The molecule has 4 heteroatoms. The van der Waals surface area contributed by atoms with Crippen LogP contribution in [-0.2, 0) is 0 Å². The summed E-state index contributed by atoms with van der Waals surface area (Å²) in [4.78, 5) is 12.6. The molecule has 2 amide bonds. The van der Waals surface area contributed by atoms with Crippen LogP contribution in [0.1, 0.15) is 6.42 Å². The van der Waals surface area contributed by atoms with E-state index in [2.05, 4.69) is 10.6 Å². The summed E-state index contributed by atoms with van der Waals surface area (Å²) in [6.45, 7) is 0.772. The predicted molar refractivity (Wildman–Crippen MR) is 38.6 cm³/mol. The molecule has 1 saturated heterocycles. The van der Waals surface area contributed by atoms with Gasteiger partial charge in [0.15, 0.2) is 0 Å². The zero-order chi connectivity index (χ0) is 7.56. The van der Waals surface area contributed by atoms with Crippen LogP contribution in [0.5, 0.6) is 0 Å². The van der Waals surface area contributed by atoms with Gasteiger partial charge in [-0.25, -0.2) is 4.79 Å². The average molecular weight is 143 g/mol. The van der Waals surface area contributed by atoms with E-state index in [9.17, 15) is 4.79 Å². The Morgan fingerprint density at radius 1 is 1.80 bits per heavy atom. The molecule has 1 unspecified atom stereocenters. The van der Waals surface area contributed by atoms with Gasteiger partial charge in [0.1, 0.15) is 0 Å². The maximum Gasteiger partial charge on any atom is 0.318 e. The lowest BCUT2D eigenvalue weighted by atomic mass is 10.2. The summed E-state index contributed by atoms with van der Waals surface area (Å²) in [7, 11) is 3.65. The summed E-state index contributed by atoms with van der Waals surface area (Å²) in [5.74, 6) is 0. The molecule has 0 radical (unpaired) electrons. The number of carbonyl (C=O) groups is 1. The fourth-order valence-corrected chi connectivity index (χ4v) is 1.11. The first-order valence-electron chi connectivity index (χ1n) is 3.43. The Labute approximate surface area is 60.6 Å². The van der Waals surface area contributed by atoms with Crippen LogP contribution in [0.2, 0.25) is 0 Å². The minimum Gasteiger partial charge on any atom is -0.338 e. The molecule has 0 aromatic carbocycles. The molecule has 58 valence electrons. The van der Waals surface area contributed by atoms with Crippen LogP contribution in [0.25, 0.3) is 0 Å². The number of hydrogen-bond donors (Lipinski definition) is 2. The fraction of sp³-hybridized carbons (Fsp3) is 0.833. The first-order chi connectivity index (χ1) is 4.75. The van der Waals surface area contributed by atoms with E-state index in [4.69, 9.17) is 0 Å². The van der Waals surface area contributed by atoms with Gasteiger partial charge in [-0.05, 0) is 13.5 Å². The average Bonchev–Trinajstić information content (AvgIpc) is 1.95. The third-order valence-electron chi connectivity index (χ3n) is 1.82. The molecule has 0 saturated carbocycles. The quantitative estimate of drug-likeness (QED) is 0.523. The van der Waals surface area contributed by atoms with Gasteiger partial charge in [-0.1, -0.05) is 0 Å². The van der Waals surface area contributed by atoms with Crippen LogP contribution >= 0.6 is 0 Å². The lowest BCUT2D eigenvalue weighted by Crippen LogP contribution is -2.55. The molecule has 0 bridgehead atoms. The molecular formula is C6H13N3O. The van der Waals surface area contributed by atoms with Gasteiger partial charge >= 0.3 is 6.03 Å². The van der Waals surface area contributed by atoms with Crippen LogP contribution in [0.4, 0.5) is 4.79 Å². The molecule has 1 atom stereocenters. The van der Waals surface area contributed by atoms with Gasteiger partial charge in [0.2, 0.25) is 0 Å². The molecule has 1 heterocycles. The standard InChI is InChI=1S/C6H13N3O/c1-7-5-3-4-8-6(10)9(5)2/h5,7H,3-4H2,1-2H3,(H,8,10). The molecule has 10 heavy (non-hydrogen) atoms. The first kappa shape index (κ1) is 7.34. The number of hydrogen-bond acceptors (Lipinski definition) is 2. The van der Waals surface area contributed by atoms with Crippen molar-refractivity contribution < 1.29 is 4.79 Å². The summed E-state index contributed by atoms with van der Waals surface area (Å²) in [5.41, 5.74) is 0. The second kappa shape index (κ2) is 2.88. The zero-order valence-corrected chi connectivity index (χ0v) is 6.35. The van der Waals surface area contributed by atoms with Gasteiger partial charge in [-0.3, -0.25) is 0 Å². The number of nitrogens with zero attached hydrogens (tertiary/aromatic N) is 1. The molecule has 0 spiro atoms. The van der Waals surface area contributed by atoms with Gasteiger partial charge in [-0.2, -0.15) is 0 Å². The molecule has 1 rings (SSSR count). The van der Waals surface area contributed by atoms with E-state index >= 15 is 0 Å². The summed E-state index contributed by atoms with van der Waals surface area (Å²) < 4.78 is 0. The smallest absolute Gasteiger partial charge is 0.318 e. The highest BCUT2D eigenvalue weighted by atomic mass is 16.2. The van der Waals surface area contributed by atoms with Crippen LogP contribution < -0.4 is 10.6 Å². The lowest BCUT2D eigenvalue weighted by Gasteiger charge is -2.32. The Balaban J connectivity index is 2.51. The number of rotatable bonds is 1. The maximum absolute atomic E-state index is 10.9. The zero-order valence-electron chi connectivity index (χ0n) is 6.35. The molecule has 0 aromatic heterocycles. The molecule has 4 nitrogen and oxygen atoms in total. The number of amides is 2. The van der Waals surface area contributed by atoms with E-state index in [0.717, 1.165) is 13.0 Å². The van der Waals surface area contributed by atoms with Crippen LogP contribution in [0, 0.1) is 0 Å². The minimum absolute atomic E-state index is 0.00519. The second-order valence-corrected chi connectivity index (χ2v) is 2.44. The van der Waals surface area contributed by atoms with E-state index in [1.807, 2.05) is 7.05 Å². The fourth-order valence-electron chi connectivity index (χ4n) is 1.11. The van der Waals surface area contributed by atoms with Gasteiger partial charge in [-0.15, -0.1) is 0 Å². The monoisotopic (exact) mass is 143 g/mol. The largest absolute Gasteiger partial charge is 0.338 e. The van der Waals surface area contributed by atoms with E-state index in [0.29, 0.717) is 0 Å². The number of carbonyl (C=O) groups excluding carboxylic acids is 1. The Hall–Kier alpha value is -0.770. The highest BCUT2D eigenvalue weighted by Crippen LogP contribution is 2.02. The van der Waals surface area contributed by atoms with Crippen molar-refractivity contribution in [1.29, 1.82) is 0 Å². The van der Waals surface area contributed by atoms with Gasteiger partial charge in [0, 0.05) is 13.6 Å². The van der Waals surface area contributed by atoms with E-state index in [1.165, 1.54) is 0 Å². The van der Waals surface area contributed by atoms with Crippen molar-refractivity contribution in [2.45, 2.75) is 12.6 Å². The normalized spacial score (nSPS) is 26.4. The van der Waals surface area contributed by atoms with Crippen molar-refractivity contribution >= 4 is 6.03 Å². The molecular weight excluding hydrogens is 130 g/mol. The maximum atomic E-state index is 10.9. The third kappa shape index (κ3) is 1.21. The van der Waals surface area contributed by atoms with Crippen molar-refractivity contribution in [3.8, 4) is 0 Å². The van der Waals surface area contributed by atoms with E-state index in [-0.39, 0.29) is 12.2 Å². The SMILES string of the molecule is CNC1CCNC(=O)N1C. The Bertz CT molecular complexity index is 137. The number of urea groups is 1. The van der Waals surface area contributed by atoms with Crippen molar-refractivity contribution in [3.05, 3.63) is 0 Å². The number of nitrogens with one attached hydrogen (secondary N) is 2. The van der Waals surface area contributed by atoms with Crippen molar-refractivity contribution in [2.75, 3.05) is 20.6 Å². The van der Waals surface area contributed by atoms with Crippen molar-refractivity contribution in [2.24, 2.45) is 0 Å². The topological polar surface area (TPSA) is 44.4 Å². The molecule has 0 aliphatic carbocycles. The van der Waals surface area contributed by atoms with E-state index < -0.39 is 0 Å². The summed E-state index contributed by atoms with van der Waals surface area (Å²) >= 11 is 0. The predicted octanol–water partition coefficient (Wildman–Crippen LogP) is -0.423. The second-order valence-electron chi connectivity index (χ2n) is 2.44. The summed E-state index contributed by atoms with van der Waals surface area (Å²) in [6, 6.07) is 0.00519. The Morgan fingerprint density at radius 2 is 2.50 bits per heavy atom. The van der Waals surface area contributed by atoms with Gasteiger partial charge < -0.3 is 15.5 Å². The highest BCUT2D eigenvalue weighted by molar-refractivity contribution is 5.74. The minimum atomic E-state index is 0.00519. The molecule has 0 aromatic rings. The summed E-state index contributed by atoms with van der Waals surface area (Å²) in [6.07, 6.45) is 1.17. The summed E-state index contributed by atoms with van der Waals surface area (Å²) in [5, 5.41) is 5.79. The van der Waals surface area contributed by atoms with Crippen LogP contribution in [0.3, 0.4) is 0 Å². The van der Waals surface area contributed by atoms with Crippen LogP contribution in [-0.4, -0.2) is 37.7 Å².